The Hall–Kier alpha value is -1.53. The summed E-state index contributed by atoms with van der Waals surface area (Å²) in [5.74, 6) is 1.88. The van der Waals surface area contributed by atoms with E-state index in [0.29, 0.717) is 22.5 Å². The molecule has 110 valence electrons. The van der Waals surface area contributed by atoms with Gasteiger partial charge in [-0.1, -0.05) is 35.4 Å². The molecule has 0 fully saturated rings. The van der Waals surface area contributed by atoms with Gasteiger partial charge < -0.3 is 9.09 Å². The Labute approximate surface area is 131 Å². The number of imidazole rings is 1. The maximum absolute atomic E-state index is 6.04. The summed E-state index contributed by atoms with van der Waals surface area (Å²) in [6, 6.07) is 5.80. The standard InChI is InChI=1S/C14H15ClN4OS/c1-3-6-19-12-5-4-10(15)7-11(12)17-14(19)21-8-13-16-9(2)18-20-13/h4-5,7H,3,6,8H2,1-2H3. The average molecular weight is 323 g/mol. The number of aryl methyl sites for hydroxylation is 2. The molecule has 0 bridgehead atoms. The topological polar surface area (TPSA) is 56.7 Å². The van der Waals surface area contributed by atoms with E-state index >= 15 is 0 Å². The zero-order valence-corrected chi connectivity index (χ0v) is 13.4. The number of halogens is 1. The first-order chi connectivity index (χ1) is 10.2. The molecule has 3 aromatic rings. The van der Waals surface area contributed by atoms with Crippen LogP contribution in [0, 0.1) is 6.92 Å². The van der Waals surface area contributed by atoms with Crippen LogP contribution in [0.1, 0.15) is 25.1 Å². The minimum atomic E-state index is 0.613. The molecule has 2 heterocycles. The first-order valence-electron chi connectivity index (χ1n) is 6.75. The number of fused-ring (bicyclic) bond motifs is 1. The number of hydrogen-bond acceptors (Lipinski definition) is 5. The lowest BCUT2D eigenvalue weighted by Crippen LogP contribution is -1.98. The van der Waals surface area contributed by atoms with Crippen LogP contribution in [-0.2, 0) is 12.3 Å². The third-order valence-electron chi connectivity index (χ3n) is 3.02. The van der Waals surface area contributed by atoms with Crippen molar-refractivity contribution in [2.24, 2.45) is 0 Å². The van der Waals surface area contributed by atoms with Crippen molar-refractivity contribution >= 4 is 34.4 Å². The van der Waals surface area contributed by atoms with Gasteiger partial charge in [0, 0.05) is 11.6 Å². The summed E-state index contributed by atoms with van der Waals surface area (Å²) in [7, 11) is 0. The van der Waals surface area contributed by atoms with Crippen LogP contribution in [0.15, 0.2) is 27.9 Å². The number of thioether (sulfide) groups is 1. The van der Waals surface area contributed by atoms with Crippen molar-refractivity contribution in [1.82, 2.24) is 19.7 Å². The van der Waals surface area contributed by atoms with E-state index in [1.807, 2.05) is 25.1 Å². The van der Waals surface area contributed by atoms with Gasteiger partial charge in [0.15, 0.2) is 11.0 Å². The molecule has 0 amide bonds. The van der Waals surface area contributed by atoms with Gasteiger partial charge in [0.05, 0.1) is 16.8 Å². The largest absolute Gasteiger partial charge is 0.338 e. The highest BCUT2D eigenvalue weighted by molar-refractivity contribution is 7.98. The first kappa shape index (κ1) is 14.4. The Kier molecular flexibility index (Phi) is 4.17. The van der Waals surface area contributed by atoms with Crippen molar-refractivity contribution in [1.29, 1.82) is 0 Å². The molecule has 3 rings (SSSR count). The SMILES string of the molecule is CCCn1c(SCc2nc(C)no2)nc2cc(Cl)ccc21. The number of rotatable bonds is 5. The van der Waals surface area contributed by atoms with Gasteiger partial charge in [0.2, 0.25) is 5.89 Å². The summed E-state index contributed by atoms with van der Waals surface area (Å²) in [5.41, 5.74) is 2.02. The quantitative estimate of drug-likeness (QED) is 0.662. The van der Waals surface area contributed by atoms with Gasteiger partial charge in [-0.15, -0.1) is 0 Å². The molecule has 0 aliphatic rings. The normalized spacial score (nSPS) is 11.4. The maximum Gasteiger partial charge on any atom is 0.237 e. The molecule has 0 unspecified atom stereocenters. The molecule has 1 aromatic carbocycles. The third-order valence-corrected chi connectivity index (χ3v) is 4.21. The van der Waals surface area contributed by atoms with Crippen LogP contribution in [0.4, 0.5) is 0 Å². The lowest BCUT2D eigenvalue weighted by atomic mass is 10.3. The van der Waals surface area contributed by atoms with Gasteiger partial charge in [-0.2, -0.15) is 4.98 Å². The Morgan fingerprint density at radius 3 is 2.90 bits per heavy atom. The Morgan fingerprint density at radius 1 is 1.33 bits per heavy atom. The van der Waals surface area contributed by atoms with Crippen molar-refractivity contribution < 1.29 is 4.52 Å². The van der Waals surface area contributed by atoms with Gasteiger partial charge in [0.1, 0.15) is 0 Å². The summed E-state index contributed by atoms with van der Waals surface area (Å²) in [6.45, 7) is 4.88. The molecule has 0 N–H and O–H groups in total. The van der Waals surface area contributed by atoms with Crippen molar-refractivity contribution in [3.63, 3.8) is 0 Å². The van der Waals surface area contributed by atoms with Crippen LogP contribution < -0.4 is 0 Å². The van der Waals surface area contributed by atoms with E-state index in [0.717, 1.165) is 29.2 Å². The minimum Gasteiger partial charge on any atom is -0.338 e. The van der Waals surface area contributed by atoms with E-state index in [4.69, 9.17) is 16.1 Å². The summed E-state index contributed by atoms with van der Waals surface area (Å²) in [5, 5.41) is 5.45. The Morgan fingerprint density at radius 2 is 2.19 bits per heavy atom. The lowest BCUT2D eigenvalue weighted by molar-refractivity contribution is 0.387. The lowest BCUT2D eigenvalue weighted by Gasteiger charge is -2.06. The van der Waals surface area contributed by atoms with Crippen LogP contribution in [0.5, 0.6) is 0 Å². The molecule has 0 radical (unpaired) electrons. The second-order valence-corrected chi connectivity index (χ2v) is 6.08. The number of benzene rings is 1. The molecule has 0 spiro atoms. The molecule has 2 aromatic heterocycles. The van der Waals surface area contributed by atoms with Crippen molar-refractivity contribution in [2.75, 3.05) is 0 Å². The number of hydrogen-bond donors (Lipinski definition) is 0. The van der Waals surface area contributed by atoms with E-state index in [1.54, 1.807) is 11.8 Å². The second-order valence-electron chi connectivity index (χ2n) is 4.70. The molecule has 0 aliphatic carbocycles. The maximum atomic E-state index is 6.04. The molecule has 7 heteroatoms. The smallest absolute Gasteiger partial charge is 0.237 e. The summed E-state index contributed by atoms with van der Waals surface area (Å²) in [6.07, 6.45) is 1.04. The first-order valence-corrected chi connectivity index (χ1v) is 8.11. The third kappa shape index (κ3) is 3.06. The molecular formula is C14H15ClN4OS. The highest BCUT2D eigenvalue weighted by atomic mass is 35.5. The van der Waals surface area contributed by atoms with E-state index < -0.39 is 0 Å². The highest BCUT2D eigenvalue weighted by Gasteiger charge is 2.13. The Balaban J connectivity index is 1.90. The molecule has 0 atom stereocenters. The molecule has 0 saturated heterocycles. The monoisotopic (exact) mass is 322 g/mol. The van der Waals surface area contributed by atoms with Crippen LogP contribution in [-0.4, -0.2) is 19.7 Å². The zero-order valence-electron chi connectivity index (χ0n) is 11.8. The van der Waals surface area contributed by atoms with Gasteiger partial charge >= 0.3 is 0 Å². The number of aromatic nitrogens is 4. The van der Waals surface area contributed by atoms with E-state index in [-0.39, 0.29) is 0 Å². The molecule has 21 heavy (non-hydrogen) atoms. The van der Waals surface area contributed by atoms with Crippen LogP contribution in [0.25, 0.3) is 11.0 Å². The van der Waals surface area contributed by atoms with Crippen molar-refractivity contribution in [3.8, 4) is 0 Å². The van der Waals surface area contributed by atoms with Crippen LogP contribution in [0.3, 0.4) is 0 Å². The number of nitrogens with zero attached hydrogens (tertiary/aromatic N) is 4. The summed E-state index contributed by atoms with van der Waals surface area (Å²) in [4.78, 5) is 8.88. The van der Waals surface area contributed by atoms with Gasteiger partial charge in [-0.05, 0) is 31.5 Å². The van der Waals surface area contributed by atoms with Crippen molar-refractivity contribution in [3.05, 3.63) is 34.9 Å². The molecular weight excluding hydrogens is 308 g/mol. The Bertz CT molecular complexity index is 768. The second kappa shape index (κ2) is 6.07. The van der Waals surface area contributed by atoms with Gasteiger partial charge in [0.25, 0.3) is 0 Å². The fraction of sp³-hybridized carbons (Fsp3) is 0.357. The predicted octanol–water partition coefficient (Wildman–Crippen LogP) is 4.08. The predicted molar refractivity (Wildman–Crippen MR) is 83.6 cm³/mol. The van der Waals surface area contributed by atoms with Crippen LogP contribution >= 0.6 is 23.4 Å². The van der Waals surface area contributed by atoms with Gasteiger partial charge in [-0.25, -0.2) is 4.98 Å². The molecule has 5 nitrogen and oxygen atoms in total. The van der Waals surface area contributed by atoms with Crippen molar-refractivity contribution in [2.45, 2.75) is 37.7 Å². The molecule has 0 saturated carbocycles. The molecule has 0 aliphatic heterocycles. The van der Waals surface area contributed by atoms with E-state index in [2.05, 4.69) is 26.6 Å². The minimum absolute atomic E-state index is 0.613. The fourth-order valence-corrected chi connectivity index (χ4v) is 3.20. The highest BCUT2D eigenvalue weighted by Crippen LogP contribution is 2.28. The average Bonchev–Trinajstić information content (AvgIpc) is 3.01. The van der Waals surface area contributed by atoms with E-state index in [9.17, 15) is 0 Å². The fourth-order valence-electron chi connectivity index (χ4n) is 2.16. The summed E-state index contributed by atoms with van der Waals surface area (Å²) < 4.78 is 7.35. The zero-order chi connectivity index (χ0) is 14.8. The van der Waals surface area contributed by atoms with E-state index in [1.165, 1.54) is 0 Å². The van der Waals surface area contributed by atoms with Crippen LogP contribution in [0.2, 0.25) is 5.02 Å². The summed E-state index contributed by atoms with van der Waals surface area (Å²) >= 11 is 7.64. The van der Waals surface area contributed by atoms with Gasteiger partial charge in [-0.3, -0.25) is 0 Å².